The van der Waals surface area contributed by atoms with Crippen molar-refractivity contribution in [1.82, 2.24) is 15.2 Å². The van der Waals surface area contributed by atoms with Gasteiger partial charge in [-0.2, -0.15) is 4.98 Å². The minimum absolute atomic E-state index is 0. The average molecular weight is 448 g/mol. The van der Waals surface area contributed by atoms with E-state index in [1.807, 2.05) is 0 Å². The van der Waals surface area contributed by atoms with Crippen molar-refractivity contribution in [2.45, 2.75) is 26.1 Å². The Kier molecular flexibility index (Phi) is 10.4. The Balaban J connectivity index is 0.00000131. The van der Waals surface area contributed by atoms with Crippen LogP contribution in [0.2, 0.25) is 0 Å². The van der Waals surface area contributed by atoms with Crippen molar-refractivity contribution < 1.29 is 4.74 Å². The summed E-state index contributed by atoms with van der Waals surface area (Å²) in [6, 6.07) is 15.0. The van der Waals surface area contributed by atoms with Gasteiger partial charge in [-0.05, 0) is 24.6 Å². The molecule has 28 heavy (non-hydrogen) atoms. The number of pyridine rings is 1. The number of benzene rings is 1. The van der Waals surface area contributed by atoms with Gasteiger partial charge in [0, 0.05) is 51.4 Å². The number of ether oxygens (including phenoxy) is 1. The predicted octanol–water partition coefficient (Wildman–Crippen LogP) is 3.54. The number of hydrogen-bond acceptors (Lipinski definition) is 5. The van der Waals surface area contributed by atoms with Gasteiger partial charge in [0.05, 0.1) is 0 Å². The van der Waals surface area contributed by atoms with Crippen molar-refractivity contribution in [2.75, 3.05) is 37.6 Å². The van der Waals surface area contributed by atoms with Gasteiger partial charge in [0.2, 0.25) is 5.88 Å². The number of nitrogens with zero attached hydrogens (tertiary/aromatic N) is 3. The summed E-state index contributed by atoms with van der Waals surface area (Å²) in [5.41, 5.74) is 2.52. The Hall–Kier alpha value is -1.24. The number of fused-ring (bicyclic) bond motifs is 1. The zero-order valence-corrected chi connectivity index (χ0v) is 18.5. The fourth-order valence-corrected chi connectivity index (χ4v) is 3.61. The Morgan fingerprint density at radius 1 is 1.04 bits per heavy atom. The van der Waals surface area contributed by atoms with Crippen LogP contribution in [0.4, 0.5) is 5.82 Å². The first-order valence-electron chi connectivity index (χ1n) is 9.16. The SMILES string of the molecule is CC1CN(Cc2ccccc2)Cc2ccc(N3CCNCC3)nc2O1.Cl.Cl.Cl. The quantitative estimate of drug-likeness (QED) is 0.779. The summed E-state index contributed by atoms with van der Waals surface area (Å²) in [5, 5.41) is 3.39. The van der Waals surface area contributed by atoms with E-state index in [1.165, 1.54) is 11.1 Å². The summed E-state index contributed by atoms with van der Waals surface area (Å²) in [7, 11) is 0. The van der Waals surface area contributed by atoms with E-state index in [4.69, 9.17) is 9.72 Å². The molecule has 1 atom stereocenters. The lowest BCUT2D eigenvalue weighted by Gasteiger charge is -2.28. The van der Waals surface area contributed by atoms with Gasteiger partial charge in [-0.3, -0.25) is 4.90 Å². The van der Waals surface area contributed by atoms with Gasteiger partial charge in [0.15, 0.2) is 0 Å². The third kappa shape index (κ3) is 6.13. The van der Waals surface area contributed by atoms with Gasteiger partial charge in [-0.15, -0.1) is 37.2 Å². The van der Waals surface area contributed by atoms with Gasteiger partial charge in [-0.25, -0.2) is 0 Å². The molecule has 2 aliphatic heterocycles. The molecule has 1 unspecified atom stereocenters. The van der Waals surface area contributed by atoms with E-state index in [9.17, 15) is 0 Å². The molecule has 1 aromatic carbocycles. The first-order chi connectivity index (χ1) is 12.3. The first-order valence-corrected chi connectivity index (χ1v) is 9.16. The molecule has 0 bridgehead atoms. The Morgan fingerprint density at radius 3 is 2.46 bits per heavy atom. The van der Waals surface area contributed by atoms with Crippen LogP contribution < -0.4 is 15.0 Å². The van der Waals surface area contributed by atoms with Crippen LogP contribution in [0.15, 0.2) is 42.5 Å². The molecule has 1 saturated heterocycles. The van der Waals surface area contributed by atoms with Gasteiger partial charge >= 0.3 is 0 Å². The molecule has 0 radical (unpaired) electrons. The summed E-state index contributed by atoms with van der Waals surface area (Å²) in [5.74, 6) is 1.84. The average Bonchev–Trinajstić information content (AvgIpc) is 2.80. The van der Waals surface area contributed by atoms with Crippen LogP contribution in [0.3, 0.4) is 0 Å². The van der Waals surface area contributed by atoms with Crippen molar-refractivity contribution in [1.29, 1.82) is 0 Å². The molecule has 8 heteroatoms. The van der Waals surface area contributed by atoms with Crippen LogP contribution in [0.5, 0.6) is 5.88 Å². The van der Waals surface area contributed by atoms with Crippen LogP contribution in [0, 0.1) is 0 Å². The van der Waals surface area contributed by atoms with Crippen LogP contribution in [-0.4, -0.2) is 48.7 Å². The molecule has 2 aliphatic rings. The van der Waals surface area contributed by atoms with E-state index < -0.39 is 0 Å². The number of anilines is 1. The first kappa shape index (κ1) is 24.8. The van der Waals surface area contributed by atoms with Gasteiger partial charge < -0.3 is 15.0 Å². The standard InChI is InChI=1S/C20H26N4O.3ClH/c1-16-13-23(14-17-5-3-2-4-6-17)15-18-7-8-19(22-20(18)25-16)24-11-9-21-10-12-24;;;/h2-8,16,21H,9-15H2,1H3;3*1H. The summed E-state index contributed by atoms with van der Waals surface area (Å²) in [4.78, 5) is 9.61. The lowest BCUT2D eigenvalue weighted by molar-refractivity contribution is 0.153. The van der Waals surface area contributed by atoms with E-state index in [2.05, 4.69) is 64.5 Å². The van der Waals surface area contributed by atoms with Crippen LogP contribution >= 0.6 is 37.2 Å². The normalized spacial score (nSPS) is 19.0. The number of piperazine rings is 1. The molecule has 4 rings (SSSR count). The summed E-state index contributed by atoms with van der Waals surface area (Å²) < 4.78 is 6.16. The van der Waals surface area contributed by atoms with Crippen molar-refractivity contribution in [3.8, 4) is 5.88 Å². The third-order valence-electron chi connectivity index (χ3n) is 4.84. The Morgan fingerprint density at radius 2 is 1.75 bits per heavy atom. The largest absolute Gasteiger partial charge is 0.473 e. The second-order valence-corrected chi connectivity index (χ2v) is 6.95. The van der Waals surface area contributed by atoms with Gasteiger partial charge in [0.25, 0.3) is 0 Å². The van der Waals surface area contributed by atoms with Crippen molar-refractivity contribution in [2.24, 2.45) is 0 Å². The monoisotopic (exact) mass is 446 g/mol. The third-order valence-corrected chi connectivity index (χ3v) is 4.84. The van der Waals surface area contributed by atoms with Crippen molar-refractivity contribution in [3.63, 3.8) is 0 Å². The molecule has 2 aromatic rings. The molecule has 1 aromatic heterocycles. The molecule has 0 aliphatic carbocycles. The molecule has 1 fully saturated rings. The summed E-state index contributed by atoms with van der Waals surface area (Å²) >= 11 is 0. The van der Waals surface area contributed by atoms with Crippen LogP contribution in [0.25, 0.3) is 0 Å². The zero-order valence-electron chi connectivity index (χ0n) is 16.0. The number of rotatable bonds is 3. The minimum Gasteiger partial charge on any atom is -0.473 e. The maximum Gasteiger partial charge on any atom is 0.220 e. The smallest absolute Gasteiger partial charge is 0.220 e. The maximum atomic E-state index is 6.16. The fourth-order valence-electron chi connectivity index (χ4n) is 3.61. The fraction of sp³-hybridized carbons (Fsp3) is 0.450. The lowest BCUT2D eigenvalue weighted by atomic mass is 10.2. The molecule has 0 spiro atoms. The predicted molar refractivity (Wildman–Crippen MR) is 122 cm³/mol. The second-order valence-electron chi connectivity index (χ2n) is 6.95. The zero-order chi connectivity index (χ0) is 17.1. The number of hydrogen-bond donors (Lipinski definition) is 1. The summed E-state index contributed by atoms with van der Waals surface area (Å²) in [6.45, 7) is 8.89. The number of aromatic nitrogens is 1. The van der Waals surface area contributed by atoms with Crippen molar-refractivity contribution in [3.05, 3.63) is 53.6 Å². The molecule has 5 nitrogen and oxygen atoms in total. The van der Waals surface area contributed by atoms with E-state index >= 15 is 0 Å². The minimum atomic E-state index is 0. The highest BCUT2D eigenvalue weighted by atomic mass is 35.5. The van der Waals surface area contributed by atoms with Crippen LogP contribution in [0.1, 0.15) is 18.1 Å². The van der Waals surface area contributed by atoms with E-state index in [0.29, 0.717) is 0 Å². The number of nitrogens with one attached hydrogen (secondary N) is 1. The topological polar surface area (TPSA) is 40.6 Å². The lowest BCUT2D eigenvalue weighted by Crippen LogP contribution is -2.43. The molecule has 1 N–H and O–H groups in total. The molecular weight excluding hydrogens is 419 g/mol. The summed E-state index contributed by atoms with van der Waals surface area (Å²) in [6.07, 6.45) is 0.135. The molecular formula is C20H29Cl3N4O. The van der Waals surface area contributed by atoms with Crippen molar-refractivity contribution >= 4 is 43.0 Å². The molecule has 0 amide bonds. The van der Waals surface area contributed by atoms with Gasteiger partial charge in [-0.1, -0.05) is 30.3 Å². The Labute approximate surface area is 186 Å². The highest BCUT2D eigenvalue weighted by Gasteiger charge is 2.23. The maximum absolute atomic E-state index is 6.16. The van der Waals surface area contributed by atoms with Gasteiger partial charge in [0.1, 0.15) is 11.9 Å². The second kappa shape index (κ2) is 11.7. The highest BCUT2D eigenvalue weighted by Crippen LogP contribution is 2.27. The molecule has 0 saturated carbocycles. The Bertz CT molecular complexity index is 714. The highest BCUT2D eigenvalue weighted by molar-refractivity contribution is 5.86. The number of halogens is 3. The molecule has 156 valence electrons. The molecule has 3 heterocycles. The van der Waals surface area contributed by atoms with E-state index in [1.54, 1.807) is 0 Å². The van der Waals surface area contributed by atoms with E-state index in [0.717, 1.165) is 57.5 Å². The van der Waals surface area contributed by atoms with Crippen LogP contribution in [-0.2, 0) is 13.1 Å². The van der Waals surface area contributed by atoms with E-state index in [-0.39, 0.29) is 43.3 Å².